The molecule has 0 saturated carbocycles. The summed E-state index contributed by atoms with van der Waals surface area (Å²) in [6.07, 6.45) is 0.781. The summed E-state index contributed by atoms with van der Waals surface area (Å²) in [5, 5.41) is 41.4. The van der Waals surface area contributed by atoms with E-state index in [2.05, 4.69) is 0 Å². The van der Waals surface area contributed by atoms with Gasteiger partial charge in [0.1, 0.15) is 17.8 Å². The Labute approximate surface area is 201 Å². The topological polar surface area (TPSA) is 149 Å². The van der Waals surface area contributed by atoms with Gasteiger partial charge in [0.15, 0.2) is 17.3 Å². The molecule has 4 N–H and O–H groups in total. The van der Waals surface area contributed by atoms with Crippen LogP contribution in [-0.2, 0) is 11.2 Å². The molecule has 0 radical (unpaired) electrons. The third-order valence-electron chi connectivity index (χ3n) is 5.10. The number of aliphatic hydroxyl groups excluding tert-OH is 2. The quantitative estimate of drug-likeness (QED) is 0.287. The predicted molar refractivity (Wildman–Crippen MR) is 124 cm³/mol. The first-order valence-electron chi connectivity index (χ1n) is 8.60. The number of phenols is 2. The molecule has 0 aliphatic heterocycles. The molecule has 0 amide bonds. The highest BCUT2D eigenvalue weighted by atomic mass is 127. The zero-order chi connectivity index (χ0) is 22.8. The smallest absolute Gasteiger partial charge is 0.229 e. The molecule has 0 spiro atoms. The Hall–Kier alpha value is -2.74. The molecular weight excluding hydrogens is 634 g/mol. The molecule has 0 fully saturated rings. The molecule has 0 bridgehead atoms. The molecule has 2 aliphatic carbocycles. The van der Waals surface area contributed by atoms with Gasteiger partial charge in [-0.2, -0.15) is 0 Å². The Kier molecular flexibility index (Phi) is 5.16. The van der Waals surface area contributed by atoms with E-state index >= 15 is 0 Å². The SMILES string of the molecule is O=CC1=C(O)C(=O)c2c(I)cc(O)c(-c3c(O)cc(I)c4c3C(=O)C=C(O)C4=O)c2C1. The zero-order valence-corrected chi connectivity index (χ0v) is 19.5. The van der Waals surface area contributed by atoms with Crippen LogP contribution in [0, 0.1) is 7.14 Å². The van der Waals surface area contributed by atoms with E-state index in [9.17, 15) is 39.6 Å². The predicted octanol–water partition coefficient (Wildman–Crippen LogP) is 3.54. The fourth-order valence-electron chi connectivity index (χ4n) is 3.77. The van der Waals surface area contributed by atoms with Gasteiger partial charge in [-0.3, -0.25) is 19.2 Å². The number of Topliss-reactive ketones (excluding diaryl/α,β-unsaturated/α-hetero) is 2. The van der Waals surface area contributed by atoms with Crippen LogP contribution in [0.3, 0.4) is 0 Å². The number of carbonyl (C=O) groups is 4. The normalized spacial score (nSPS) is 15.5. The number of allylic oxidation sites excluding steroid dienone is 4. The Morgan fingerprint density at radius 3 is 1.97 bits per heavy atom. The van der Waals surface area contributed by atoms with E-state index in [-0.39, 0.29) is 52.5 Å². The van der Waals surface area contributed by atoms with Crippen LogP contribution in [-0.4, -0.2) is 44.1 Å². The van der Waals surface area contributed by atoms with Gasteiger partial charge in [-0.25, -0.2) is 0 Å². The summed E-state index contributed by atoms with van der Waals surface area (Å²) in [4.78, 5) is 49.4. The molecule has 2 aliphatic rings. The van der Waals surface area contributed by atoms with E-state index in [4.69, 9.17) is 0 Å². The number of hydrogen-bond donors (Lipinski definition) is 4. The minimum atomic E-state index is -0.840. The molecule has 4 rings (SSSR count). The zero-order valence-electron chi connectivity index (χ0n) is 15.2. The monoisotopic (exact) mass is 644 g/mol. The Morgan fingerprint density at radius 1 is 0.774 bits per heavy atom. The minimum absolute atomic E-state index is 0.0103. The van der Waals surface area contributed by atoms with E-state index in [1.165, 1.54) is 12.1 Å². The number of fused-ring (bicyclic) bond motifs is 2. The third kappa shape index (κ3) is 3.07. The summed E-state index contributed by atoms with van der Waals surface area (Å²) in [5.74, 6) is -4.78. The first kappa shape index (κ1) is 21.5. The first-order chi connectivity index (χ1) is 14.6. The van der Waals surface area contributed by atoms with Gasteiger partial charge in [0.2, 0.25) is 11.6 Å². The molecule has 2 aromatic rings. The molecule has 8 nitrogen and oxygen atoms in total. The molecule has 0 unspecified atom stereocenters. The average molecular weight is 644 g/mol. The highest BCUT2D eigenvalue weighted by Crippen LogP contribution is 2.48. The van der Waals surface area contributed by atoms with E-state index < -0.39 is 40.4 Å². The Morgan fingerprint density at radius 2 is 1.35 bits per heavy atom. The standard InChI is InChI=1S/C21H10I2O8/c22-8-2-10(25)15(7-1-6(5-24)19(29)21(31)14(7)8)17-11(26)3-9(23)16-18(17)12(27)4-13(28)20(16)30/h2-5,25-26,28-29H,1H2. The maximum atomic E-state index is 12.8. The van der Waals surface area contributed by atoms with Gasteiger partial charge in [0, 0.05) is 47.5 Å². The molecule has 0 aromatic heterocycles. The van der Waals surface area contributed by atoms with Crippen molar-refractivity contribution in [3.63, 3.8) is 0 Å². The average Bonchev–Trinajstić information content (AvgIpc) is 2.69. The second kappa shape index (κ2) is 7.44. The van der Waals surface area contributed by atoms with Crippen molar-refractivity contribution >= 4 is 68.8 Å². The van der Waals surface area contributed by atoms with Gasteiger partial charge < -0.3 is 20.4 Å². The second-order valence-electron chi connectivity index (χ2n) is 6.83. The number of halogens is 2. The number of aldehydes is 1. The van der Waals surface area contributed by atoms with Crippen molar-refractivity contribution in [2.75, 3.05) is 0 Å². The van der Waals surface area contributed by atoms with Crippen molar-refractivity contribution in [3.8, 4) is 22.6 Å². The van der Waals surface area contributed by atoms with Crippen LogP contribution in [0.25, 0.3) is 11.1 Å². The fourth-order valence-corrected chi connectivity index (χ4v) is 5.45. The number of carbonyl (C=O) groups excluding carboxylic acids is 4. The lowest BCUT2D eigenvalue weighted by atomic mass is 9.80. The van der Waals surface area contributed by atoms with Gasteiger partial charge >= 0.3 is 0 Å². The third-order valence-corrected chi connectivity index (χ3v) is 6.80. The molecule has 0 saturated heterocycles. The van der Waals surface area contributed by atoms with Gasteiger partial charge in [0.25, 0.3) is 0 Å². The van der Waals surface area contributed by atoms with Crippen molar-refractivity contribution in [1.29, 1.82) is 0 Å². The summed E-state index contributed by atoms with van der Waals surface area (Å²) in [6, 6.07) is 2.42. The van der Waals surface area contributed by atoms with Crippen molar-refractivity contribution < 1.29 is 39.6 Å². The van der Waals surface area contributed by atoms with Gasteiger partial charge in [-0.05, 0) is 62.9 Å². The van der Waals surface area contributed by atoms with E-state index in [0.717, 1.165) is 0 Å². The lowest BCUT2D eigenvalue weighted by Crippen LogP contribution is -2.22. The van der Waals surface area contributed by atoms with E-state index in [1.54, 1.807) is 45.2 Å². The highest BCUT2D eigenvalue weighted by Gasteiger charge is 2.37. The number of rotatable bonds is 2. The molecule has 0 heterocycles. The maximum Gasteiger partial charge on any atom is 0.229 e. The van der Waals surface area contributed by atoms with Crippen LogP contribution in [0.4, 0.5) is 0 Å². The van der Waals surface area contributed by atoms with Crippen molar-refractivity contribution in [1.82, 2.24) is 0 Å². The molecular formula is C21H10I2O8. The fraction of sp³-hybridized carbons (Fsp3) is 0.0476. The van der Waals surface area contributed by atoms with Crippen LogP contribution in [0.1, 0.15) is 36.6 Å². The van der Waals surface area contributed by atoms with Crippen LogP contribution in [0.15, 0.2) is 35.3 Å². The molecule has 0 atom stereocenters. The van der Waals surface area contributed by atoms with E-state index in [0.29, 0.717) is 12.4 Å². The van der Waals surface area contributed by atoms with Crippen molar-refractivity contribution in [2.45, 2.75) is 6.42 Å². The maximum absolute atomic E-state index is 12.8. The van der Waals surface area contributed by atoms with Gasteiger partial charge in [-0.1, -0.05) is 0 Å². The lowest BCUT2D eigenvalue weighted by Gasteiger charge is -2.25. The van der Waals surface area contributed by atoms with Gasteiger partial charge in [-0.15, -0.1) is 0 Å². The summed E-state index contributed by atoms with van der Waals surface area (Å²) < 4.78 is 0.488. The van der Waals surface area contributed by atoms with Crippen LogP contribution >= 0.6 is 45.2 Å². The van der Waals surface area contributed by atoms with Crippen molar-refractivity contribution in [2.24, 2.45) is 0 Å². The highest BCUT2D eigenvalue weighted by molar-refractivity contribution is 14.1. The Balaban J connectivity index is 2.16. The molecule has 31 heavy (non-hydrogen) atoms. The summed E-state index contributed by atoms with van der Waals surface area (Å²) >= 11 is 3.52. The van der Waals surface area contributed by atoms with Gasteiger partial charge in [0.05, 0.1) is 5.56 Å². The summed E-state index contributed by atoms with van der Waals surface area (Å²) in [6.45, 7) is 0. The summed E-state index contributed by atoms with van der Waals surface area (Å²) in [5.41, 5.74) is -0.813. The summed E-state index contributed by atoms with van der Waals surface area (Å²) in [7, 11) is 0. The number of benzene rings is 2. The lowest BCUT2D eigenvalue weighted by molar-refractivity contribution is -0.105. The molecule has 10 heteroatoms. The minimum Gasteiger partial charge on any atom is -0.507 e. The first-order valence-corrected chi connectivity index (χ1v) is 10.8. The van der Waals surface area contributed by atoms with Crippen LogP contribution < -0.4 is 0 Å². The number of phenolic OH excluding ortho intramolecular Hbond substituents is 2. The number of aliphatic hydroxyl groups is 2. The van der Waals surface area contributed by atoms with Crippen LogP contribution in [0.2, 0.25) is 0 Å². The van der Waals surface area contributed by atoms with E-state index in [1.807, 2.05) is 0 Å². The number of aromatic hydroxyl groups is 2. The van der Waals surface area contributed by atoms with Crippen LogP contribution in [0.5, 0.6) is 11.5 Å². The molecule has 2 aromatic carbocycles. The molecule has 156 valence electrons. The van der Waals surface area contributed by atoms with Crippen molar-refractivity contribution in [3.05, 3.63) is 64.7 Å². The second-order valence-corrected chi connectivity index (χ2v) is 9.15. The largest absolute Gasteiger partial charge is 0.507 e. The number of hydrogen-bond acceptors (Lipinski definition) is 8. The Bertz CT molecular complexity index is 1330. The number of ketones is 3.